The first-order valence-corrected chi connectivity index (χ1v) is 6.51. The van der Waals surface area contributed by atoms with Crippen molar-refractivity contribution in [2.45, 2.75) is 18.9 Å². The number of rotatable bonds is 3. The number of thiophene rings is 1. The molecule has 1 saturated heterocycles. The fraction of sp³-hybridized carbons (Fsp3) is 0.600. The molecule has 78 valence electrons. The molecule has 0 amide bonds. The van der Waals surface area contributed by atoms with Crippen molar-refractivity contribution >= 4 is 27.3 Å². The molecule has 0 saturated carbocycles. The highest BCUT2D eigenvalue weighted by Crippen LogP contribution is 2.23. The number of morpholine rings is 1. The van der Waals surface area contributed by atoms with E-state index >= 15 is 0 Å². The van der Waals surface area contributed by atoms with Crippen molar-refractivity contribution in [2.75, 3.05) is 19.8 Å². The highest BCUT2D eigenvalue weighted by atomic mass is 79.9. The Hall–Kier alpha value is 0.1000. The van der Waals surface area contributed by atoms with Gasteiger partial charge in [-0.1, -0.05) is 0 Å². The lowest BCUT2D eigenvalue weighted by atomic mass is 10.1. The minimum Gasteiger partial charge on any atom is -0.379 e. The van der Waals surface area contributed by atoms with Gasteiger partial charge in [-0.25, -0.2) is 0 Å². The molecule has 1 aliphatic rings. The largest absolute Gasteiger partial charge is 0.379 e. The Balaban J connectivity index is 1.76. The van der Waals surface area contributed by atoms with Crippen LogP contribution in [0, 0.1) is 0 Å². The average molecular weight is 276 g/mol. The van der Waals surface area contributed by atoms with Crippen LogP contribution in [0.25, 0.3) is 0 Å². The van der Waals surface area contributed by atoms with Crippen molar-refractivity contribution in [2.24, 2.45) is 0 Å². The Kier molecular flexibility index (Phi) is 3.99. The lowest BCUT2D eigenvalue weighted by molar-refractivity contribution is 0.0744. The van der Waals surface area contributed by atoms with E-state index in [-0.39, 0.29) is 0 Å². The van der Waals surface area contributed by atoms with E-state index in [4.69, 9.17) is 4.74 Å². The van der Waals surface area contributed by atoms with E-state index in [0.717, 1.165) is 26.2 Å². The number of hydrogen-bond donors (Lipinski definition) is 1. The van der Waals surface area contributed by atoms with Gasteiger partial charge in [-0.05, 0) is 40.9 Å². The van der Waals surface area contributed by atoms with Crippen molar-refractivity contribution in [3.8, 4) is 0 Å². The first-order valence-electron chi connectivity index (χ1n) is 4.90. The van der Waals surface area contributed by atoms with Gasteiger partial charge in [0, 0.05) is 17.5 Å². The standard InChI is InChI=1S/C10H14BrNOS/c11-10-4-3-9(14-10)2-1-8-7-13-6-5-12-8/h3-4,8,12H,1-2,5-7H2. The Morgan fingerprint density at radius 1 is 1.57 bits per heavy atom. The van der Waals surface area contributed by atoms with E-state index in [2.05, 4.69) is 33.4 Å². The summed E-state index contributed by atoms with van der Waals surface area (Å²) in [5.74, 6) is 0. The third-order valence-electron chi connectivity index (χ3n) is 2.37. The molecular weight excluding hydrogens is 262 g/mol. The Bertz CT molecular complexity index is 283. The zero-order chi connectivity index (χ0) is 9.80. The summed E-state index contributed by atoms with van der Waals surface area (Å²) in [5.41, 5.74) is 0. The molecule has 2 nitrogen and oxygen atoms in total. The van der Waals surface area contributed by atoms with Gasteiger partial charge >= 0.3 is 0 Å². The minimum absolute atomic E-state index is 0.546. The molecule has 4 heteroatoms. The number of nitrogens with one attached hydrogen (secondary N) is 1. The molecule has 2 heterocycles. The van der Waals surface area contributed by atoms with Crippen LogP contribution in [0.5, 0.6) is 0 Å². The van der Waals surface area contributed by atoms with E-state index in [1.54, 1.807) is 0 Å². The maximum atomic E-state index is 5.41. The monoisotopic (exact) mass is 275 g/mol. The van der Waals surface area contributed by atoms with Crippen LogP contribution in [0.2, 0.25) is 0 Å². The van der Waals surface area contributed by atoms with Crippen molar-refractivity contribution in [1.82, 2.24) is 5.32 Å². The summed E-state index contributed by atoms with van der Waals surface area (Å²) < 4.78 is 6.63. The molecule has 0 radical (unpaired) electrons. The van der Waals surface area contributed by atoms with Crippen molar-refractivity contribution in [1.29, 1.82) is 0 Å². The predicted octanol–water partition coefficient (Wildman–Crippen LogP) is 2.43. The Morgan fingerprint density at radius 3 is 3.14 bits per heavy atom. The summed E-state index contributed by atoms with van der Waals surface area (Å²) in [6.07, 6.45) is 2.32. The predicted molar refractivity (Wildman–Crippen MR) is 62.9 cm³/mol. The van der Waals surface area contributed by atoms with Crippen LogP contribution >= 0.6 is 27.3 Å². The molecule has 1 aromatic rings. The van der Waals surface area contributed by atoms with Crippen LogP contribution in [0.3, 0.4) is 0 Å². The Labute approximate surface area is 96.8 Å². The molecule has 14 heavy (non-hydrogen) atoms. The smallest absolute Gasteiger partial charge is 0.0701 e. The first-order chi connectivity index (χ1) is 6.84. The molecule has 0 spiro atoms. The third-order valence-corrected chi connectivity index (χ3v) is 4.05. The van der Waals surface area contributed by atoms with Crippen LogP contribution < -0.4 is 5.32 Å². The molecule has 0 bridgehead atoms. The zero-order valence-electron chi connectivity index (χ0n) is 7.96. The van der Waals surface area contributed by atoms with E-state index < -0.39 is 0 Å². The maximum Gasteiger partial charge on any atom is 0.0701 e. The topological polar surface area (TPSA) is 21.3 Å². The molecule has 0 aromatic carbocycles. The van der Waals surface area contributed by atoms with Gasteiger partial charge in [0.1, 0.15) is 0 Å². The van der Waals surface area contributed by atoms with Gasteiger partial charge in [-0.3, -0.25) is 0 Å². The van der Waals surface area contributed by atoms with Gasteiger partial charge < -0.3 is 10.1 Å². The summed E-state index contributed by atoms with van der Waals surface area (Å²) in [6.45, 7) is 2.73. The number of halogens is 1. The molecule has 1 N–H and O–H groups in total. The maximum absolute atomic E-state index is 5.41. The van der Waals surface area contributed by atoms with Gasteiger partial charge in [0.2, 0.25) is 0 Å². The molecule has 2 rings (SSSR count). The van der Waals surface area contributed by atoms with Gasteiger partial charge in [0.05, 0.1) is 17.0 Å². The van der Waals surface area contributed by atoms with E-state index in [0.29, 0.717) is 6.04 Å². The van der Waals surface area contributed by atoms with Gasteiger partial charge in [0.15, 0.2) is 0 Å². The van der Waals surface area contributed by atoms with E-state index in [1.165, 1.54) is 15.1 Å². The van der Waals surface area contributed by atoms with Crippen LogP contribution in [0.4, 0.5) is 0 Å². The third kappa shape index (κ3) is 3.05. The molecule has 1 atom stereocenters. The summed E-state index contributed by atoms with van der Waals surface area (Å²) in [7, 11) is 0. The van der Waals surface area contributed by atoms with Gasteiger partial charge in [-0.15, -0.1) is 11.3 Å². The lowest BCUT2D eigenvalue weighted by Gasteiger charge is -2.23. The lowest BCUT2D eigenvalue weighted by Crippen LogP contribution is -2.41. The molecule has 0 aliphatic carbocycles. The van der Waals surface area contributed by atoms with E-state index in [9.17, 15) is 0 Å². The molecular formula is C10H14BrNOS. The minimum atomic E-state index is 0.546. The fourth-order valence-electron chi connectivity index (χ4n) is 1.61. The van der Waals surface area contributed by atoms with E-state index in [1.807, 2.05) is 11.3 Å². The number of hydrogen-bond acceptors (Lipinski definition) is 3. The number of ether oxygens (including phenoxy) is 1. The second kappa shape index (κ2) is 5.26. The Morgan fingerprint density at radius 2 is 2.50 bits per heavy atom. The summed E-state index contributed by atoms with van der Waals surface area (Å²) >= 11 is 5.30. The zero-order valence-corrected chi connectivity index (χ0v) is 10.4. The van der Waals surface area contributed by atoms with Crippen LogP contribution in [-0.4, -0.2) is 25.8 Å². The average Bonchev–Trinajstić information content (AvgIpc) is 2.63. The molecule has 1 aliphatic heterocycles. The summed E-state index contributed by atoms with van der Waals surface area (Å²) in [4.78, 5) is 1.45. The summed E-state index contributed by atoms with van der Waals surface area (Å²) in [6, 6.07) is 4.85. The second-order valence-electron chi connectivity index (χ2n) is 3.47. The van der Waals surface area contributed by atoms with Crippen molar-refractivity contribution < 1.29 is 4.74 Å². The molecule has 1 fully saturated rings. The van der Waals surface area contributed by atoms with Crippen LogP contribution in [0.1, 0.15) is 11.3 Å². The first kappa shape index (κ1) is 10.6. The van der Waals surface area contributed by atoms with Gasteiger partial charge in [-0.2, -0.15) is 0 Å². The quantitative estimate of drug-likeness (QED) is 0.915. The van der Waals surface area contributed by atoms with Crippen molar-refractivity contribution in [3.05, 3.63) is 20.8 Å². The SMILES string of the molecule is Brc1ccc(CCC2COCCN2)s1. The highest BCUT2D eigenvalue weighted by molar-refractivity contribution is 9.11. The molecule has 1 aromatic heterocycles. The normalized spacial score (nSPS) is 22.5. The molecule has 1 unspecified atom stereocenters. The number of aryl methyl sites for hydroxylation is 1. The van der Waals surface area contributed by atoms with Crippen LogP contribution in [0.15, 0.2) is 15.9 Å². The van der Waals surface area contributed by atoms with Crippen molar-refractivity contribution in [3.63, 3.8) is 0 Å². The van der Waals surface area contributed by atoms with Gasteiger partial charge in [0.25, 0.3) is 0 Å². The highest BCUT2D eigenvalue weighted by Gasteiger charge is 2.12. The van der Waals surface area contributed by atoms with Crippen LogP contribution in [-0.2, 0) is 11.2 Å². The second-order valence-corrected chi connectivity index (χ2v) is 6.02. The summed E-state index contributed by atoms with van der Waals surface area (Å²) in [5, 5.41) is 3.46. The fourth-order valence-corrected chi connectivity index (χ4v) is 3.11.